The second-order valence-corrected chi connectivity index (χ2v) is 22.2. The van der Waals surface area contributed by atoms with Crippen LogP contribution in [0, 0.1) is 0 Å². The lowest BCUT2D eigenvalue weighted by Crippen LogP contribution is -2.37. The molecule has 4 heterocycles. The highest BCUT2D eigenvalue weighted by Gasteiger charge is 2.37. The molecule has 0 bridgehead atoms. The van der Waals surface area contributed by atoms with E-state index in [1.165, 1.54) is 103 Å². The molecule has 0 saturated heterocycles. The fourth-order valence-electron chi connectivity index (χ4n) is 11.2. The predicted molar refractivity (Wildman–Crippen MR) is 277 cm³/mol. The average Bonchev–Trinajstić information content (AvgIpc) is 3.98. The molecule has 3 aromatic heterocycles. The quantitative estimate of drug-likeness (QED) is 0.180. The van der Waals surface area contributed by atoms with Gasteiger partial charge in [0.1, 0.15) is 11.2 Å². The zero-order chi connectivity index (χ0) is 43.6. The number of benzene rings is 8. The Kier molecular flexibility index (Phi) is 7.59. The normalized spacial score (nSPS) is 14.2. The number of rotatable bonds is 3. The third kappa shape index (κ3) is 5.34. The van der Waals surface area contributed by atoms with E-state index in [0.29, 0.717) is 0 Å². The number of anilines is 2. The molecular formula is C59H49BN2OS. The first-order chi connectivity index (χ1) is 30.7. The van der Waals surface area contributed by atoms with E-state index < -0.39 is 0 Å². The Labute approximate surface area is 378 Å². The third-order valence-corrected chi connectivity index (χ3v) is 15.8. The van der Waals surface area contributed by atoms with Gasteiger partial charge in [-0.1, -0.05) is 140 Å². The molecule has 2 aliphatic rings. The van der Waals surface area contributed by atoms with Crippen LogP contribution in [0.3, 0.4) is 0 Å². The zero-order valence-corrected chi connectivity index (χ0v) is 38.6. The van der Waals surface area contributed by atoms with Crippen LogP contribution in [0.1, 0.15) is 77.6 Å². The van der Waals surface area contributed by atoms with Crippen LogP contribution in [0.25, 0.3) is 91.9 Å². The van der Waals surface area contributed by atoms with Crippen molar-refractivity contribution in [2.75, 3.05) is 5.32 Å². The van der Waals surface area contributed by atoms with Crippen molar-refractivity contribution in [3.8, 4) is 27.9 Å². The van der Waals surface area contributed by atoms with Gasteiger partial charge in [-0.2, -0.15) is 0 Å². The molecule has 0 spiro atoms. The third-order valence-electron chi connectivity index (χ3n) is 14.7. The summed E-state index contributed by atoms with van der Waals surface area (Å²) in [5.41, 5.74) is 21.2. The first-order valence-corrected chi connectivity index (χ1v) is 23.6. The highest BCUT2D eigenvalue weighted by Crippen LogP contribution is 2.52. The lowest BCUT2D eigenvalue weighted by molar-refractivity contribution is 0.590. The average molecular weight is 845 g/mol. The summed E-state index contributed by atoms with van der Waals surface area (Å²) < 4.78 is 11.8. The number of aromatic nitrogens is 1. The lowest BCUT2D eigenvalue weighted by Gasteiger charge is -2.24. The Morgan fingerprint density at radius 2 is 1.28 bits per heavy atom. The van der Waals surface area contributed by atoms with Crippen molar-refractivity contribution in [3.63, 3.8) is 0 Å². The van der Waals surface area contributed by atoms with Gasteiger partial charge in [0, 0.05) is 75.3 Å². The SMILES string of the molecule is CC(C)(C)c1ccc(Nc2cc3c(cc2-c2ccc4c5cc6c(cc5n5c4c2Bc2cc4oc7ccccc7c4cc2-5)-c2ccccc2C6(C)C)sc2cc(C(C)(C)C)ccc23)cc1. The zero-order valence-electron chi connectivity index (χ0n) is 37.7. The molecule has 8 aromatic carbocycles. The topological polar surface area (TPSA) is 30.1 Å². The Morgan fingerprint density at radius 1 is 0.547 bits per heavy atom. The Bertz CT molecular complexity index is 3830. The van der Waals surface area contributed by atoms with Crippen LogP contribution in [-0.2, 0) is 16.2 Å². The largest absolute Gasteiger partial charge is 0.456 e. The van der Waals surface area contributed by atoms with Gasteiger partial charge in [-0.15, -0.1) is 11.3 Å². The van der Waals surface area contributed by atoms with Crippen LogP contribution in [-0.4, -0.2) is 11.8 Å². The number of furan rings is 1. The van der Waals surface area contributed by atoms with Crippen LogP contribution in [0.4, 0.5) is 11.4 Å². The smallest absolute Gasteiger partial charge is 0.198 e. The van der Waals surface area contributed by atoms with Crippen LogP contribution >= 0.6 is 11.3 Å². The number of hydrogen-bond donors (Lipinski definition) is 1. The van der Waals surface area contributed by atoms with Gasteiger partial charge in [0.15, 0.2) is 7.28 Å². The van der Waals surface area contributed by atoms with E-state index >= 15 is 0 Å². The highest BCUT2D eigenvalue weighted by molar-refractivity contribution is 7.25. The molecule has 0 atom stereocenters. The Balaban J connectivity index is 1.10. The van der Waals surface area contributed by atoms with Crippen molar-refractivity contribution < 1.29 is 4.42 Å². The van der Waals surface area contributed by atoms with Gasteiger partial charge >= 0.3 is 0 Å². The molecule has 1 aliphatic heterocycles. The van der Waals surface area contributed by atoms with Crippen molar-refractivity contribution in [3.05, 3.63) is 162 Å². The first kappa shape index (κ1) is 38.0. The summed E-state index contributed by atoms with van der Waals surface area (Å²) in [6.07, 6.45) is 0. The van der Waals surface area contributed by atoms with Gasteiger partial charge in [-0.25, -0.2) is 0 Å². The molecule has 1 aliphatic carbocycles. The van der Waals surface area contributed by atoms with Crippen LogP contribution in [0.5, 0.6) is 0 Å². The van der Waals surface area contributed by atoms with Gasteiger partial charge in [0.2, 0.25) is 0 Å². The summed E-state index contributed by atoms with van der Waals surface area (Å²) in [5, 5.41) is 11.5. The van der Waals surface area contributed by atoms with Gasteiger partial charge in [0.05, 0.1) is 5.52 Å². The van der Waals surface area contributed by atoms with E-state index in [4.69, 9.17) is 4.42 Å². The molecule has 5 heteroatoms. The molecule has 13 rings (SSSR count). The number of hydrogen-bond acceptors (Lipinski definition) is 3. The molecule has 0 amide bonds. The number of fused-ring (bicyclic) bond motifs is 14. The fourth-order valence-corrected chi connectivity index (χ4v) is 12.4. The summed E-state index contributed by atoms with van der Waals surface area (Å²) in [5.74, 6) is 0. The number of thiophene rings is 1. The summed E-state index contributed by atoms with van der Waals surface area (Å²) >= 11 is 1.91. The van der Waals surface area contributed by atoms with E-state index in [0.717, 1.165) is 40.6 Å². The van der Waals surface area contributed by atoms with Gasteiger partial charge in [-0.05, 0) is 116 Å². The minimum Gasteiger partial charge on any atom is -0.456 e. The molecule has 0 unspecified atom stereocenters. The second kappa shape index (κ2) is 12.8. The van der Waals surface area contributed by atoms with Crippen molar-refractivity contribution in [1.82, 2.24) is 4.57 Å². The Morgan fingerprint density at radius 3 is 2.09 bits per heavy atom. The maximum atomic E-state index is 6.59. The minimum absolute atomic E-state index is 0.0709. The van der Waals surface area contributed by atoms with Crippen molar-refractivity contribution >= 4 is 105 Å². The number of nitrogens with zero attached hydrogens (tertiary/aromatic N) is 1. The van der Waals surface area contributed by atoms with Gasteiger partial charge < -0.3 is 14.3 Å². The lowest BCUT2D eigenvalue weighted by atomic mass is 9.59. The summed E-state index contributed by atoms with van der Waals surface area (Å²) in [7, 11) is 0.790. The minimum atomic E-state index is -0.101. The van der Waals surface area contributed by atoms with E-state index in [-0.39, 0.29) is 16.2 Å². The van der Waals surface area contributed by atoms with Crippen LogP contribution < -0.4 is 16.2 Å². The standard InChI is InChI=1S/C59H49BN2OS/c1-57(2,3)32-17-20-34(21-18-32)61-48-27-44-37-22-19-33(58(4,5)6)25-53(37)64-54(44)30-41(48)38-23-24-39-42-26-46-40(35-13-9-11-15-45(35)59(46,7)8)28-49(42)62-50-29-43-36-14-10-12-16-51(36)63-52(43)31-47(50)60-55(38)56(39)62/h9-31,60-61H,1-8H3. The molecule has 11 aromatic rings. The summed E-state index contributed by atoms with van der Waals surface area (Å²) in [4.78, 5) is 0. The van der Waals surface area contributed by atoms with E-state index in [1.54, 1.807) is 0 Å². The van der Waals surface area contributed by atoms with E-state index in [2.05, 4.69) is 205 Å². The molecular weight excluding hydrogens is 796 g/mol. The maximum Gasteiger partial charge on any atom is 0.198 e. The predicted octanol–water partition coefficient (Wildman–Crippen LogP) is 15.1. The van der Waals surface area contributed by atoms with Gasteiger partial charge in [0.25, 0.3) is 0 Å². The fraction of sp³-hybridized carbons (Fsp3) is 0.186. The number of nitrogens with one attached hydrogen (secondary N) is 1. The summed E-state index contributed by atoms with van der Waals surface area (Å²) in [6.45, 7) is 18.5. The van der Waals surface area contributed by atoms with Crippen molar-refractivity contribution in [1.29, 1.82) is 0 Å². The molecule has 64 heavy (non-hydrogen) atoms. The summed E-state index contributed by atoms with van der Waals surface area (Å²) in [6, 6.07) is 53.1. The van der Waals surface area contributed by atoms with Crippen LogP contribution in [0.15, 0.2) is 144 Å². The molecule has 0 saturated carbocycles. The second-order valence-electron chi connectivity index (χ2n) is 21.1. The first-order valence-electron chi connectivity index (χ1n) is 22.8. The Hall–Kier alpha value is -6.56. The molecule has 1 N–H and O–H groups in total. The highest BCUT2D eigenvalue weighted by atomic mass is 32.1. The van der Waals surface area contributed by atoms with Gasteiger partial charge in [-0.3, -0.25) is 0 Å². The molecule has 0 radical (unpaired) electrons. The van der Waals surface area contributed by atoms with E-state index in [9.17, 15) is 0 Å². The van der Waals surface area contributed by atoms with Crippen molar-refractivity contribution in [2.24, 2.45) is 0 Å². The van der Waals surface area contributed by atoms with Crippen LogP contribution in [0.2, 0.25) is 0 Å². The maximum absolute atomic E-state index is 6.59. The molecule has 3 nitrogen and oxygen atoms in total. The van der Waals surface area contributed by atoms with E-state index in [1.807, 2.05) is 11.3 Å². The van der Waals surface area contributed by atoms with Crippen molar-refractivity contribution in [2.45, 2.75) is 71.6 Å². The molecule has 0 fully saturated rings. The monoisotopic (exact) mass is 844 g/mol. The number of para-hydroxylation sites is 1. The molecule has 310 valence electrons.